The fourth-order valence-electron chi connectivity index (χ4n) is 4.12. The highest BCUT2D eigenvalue weighted by Gasteiger charge is 2.34. The summed E-state index contributed by atoms with van der Waals surface area (Å²) in [6.45, 7) is 1.85. The molecular formula is C26H33N3O5. The maximum atomic E-state index is 13.0. The van der Waals surface area contributed by atoms with Crippen molar-refractivity contribution in [3.8, 4) is 5.75 Å². The largest absolute Gasteiger partial charge is 0.497 e. The lowest BCUT2D eigenvalue weighted by Gasteiger charge is -2.36. The molecule has 8 nitrogen and oxygen atoms in total. The molecule has 1 aliphatic rings. The van der Waals surface area contributed by atoms with Gasteiger partial charge in [-0.3, -0.25) is 14.4 Å². The highest BCUT2D eigenvalue weighted by molar-refractivity contribution is 5.97. The number of hydrogen-bond acceptors (Lipinski definition) is 5. The molecule has 0 bridgehead atoms. The van der Waals surface area contributed by atoms with Gasteiger partial charge in [0.2, 0.25) is 11.8 Å². The van der Waals surface area contributed by atoms with E-state index in [1.54, 1.807) is 38.5 Å². The minimum atomic E-state index is -0.696. The molecule has 2 N–H and O–H groups in total. The van der Waals surface area contributed by atoms with Gasteiger partial charge in [-0.1, -0.05) is 30.3 Å². The topological polar surface area (TPSA) is 97.0 Å². The first-order chi connectivity index (χ1) is 16.5. The first-order valence-electron chi connectivity index (χ1n) is 11.5. The van der Waals surface area contributed by atoms with E-state index >= 15 is 0 Å². The second-order valence-corrected chi connectivity index (χ2v) is 8.34. The Morgan fingerprint density at radius 1 is 1.00 bits per heavy atom. The Labute approximate surface area is 200 Å². The molecule has 0 aromatic heterocycles. The third-order valence-corrected chi connectivity index (χ3v) is 6.09. The van der Waals surface area contributed by atoms with Gasteiger partial charge in [-0.15, -0.1) is 0 Å². The second-order valence-electron chi connectivity index (χ2n) is 8.34. The highest BCUT2D eigenvalue weighted by Crippen LogP contribution is 2.22. The number of nitrogens with zero attached hydrogens (tertiary/aromatic N) is 1. The molecule has 0 saturated carbocycles. The Bertz CT molecular complexity index is 941. The Kier molecular flexibility index (Phi) is 9.46. The van der Waals surface area contributed by atoms with Crippen molar-refractivity contribution in [3.63, 3.8) is 0 Å². The van der Waals surface area contributed by atoms with Gasteiger partial charge in [0, 0.05) is 32.3 Å². The van der Waals surface area contributed by atoms with Crippen molar-refractivity contribution in [2.75, 3.05) is 40.5 Å². The summed E-state index contributed by atoms with van der Waals surface area (Å²) in [7, 11) is 3.13. The Hall–Kier alpha value is -3.39. The zero-order chi connectivity index (χ0) is 24.3. The van der Waals surface area contributed by atoms with Crippen LogP contribution in [-0.2, 0) is 20.7 Å². The van der Waals surface area contributed by atoms with Crippen LogP contribution >= 0.6 is 0 Å². The molecule has 1 saturated heterocycles. The number of rotatable bonds is 10. The van der Waals surface area contributed by atoms with Crippen molar-refractivity contribution in [1.82, 2.24) is 15.5 Å². The van der Waals surface area contributed by atoms with Crippen molar-refractivity contribution in [3.05, 3.63) is 65.7 Å². The molecule has 182 valence electrons. The lowest BCUT2D eigenvalue weighted by Crippen LogP contribution is -2.54. The zero-order valence-electron chi connectivity index (χ0n) is 19.8. The van der Waals surface area contributed by atoms with Gasteiger partial charge in [0.1, 0.15) is 11.8 Å². The van der Waals surface area contributed by atoms with Crippen LogP contribution in [0.5, 0.6) is 5.75 Å². The van der Waals surface area contributed by atoms with E-state index in [9.17, 15) is 14.4 Å². The van der Waals surface area contributed by atoms with Crippen LogP contribution in [0.15, 0.2) is 54.6 Å². The number of benzene rings is 2. The van der Waals surface area contributed by atoms with Crippen LogP contribution in [-0.4, -0.2) is 69.1 Å². The standard InChI is InChI=1S/C26H33N3O5/c1-33-17-14-27-26(32)24(28-25(31)21-8-10-22(34-2)11-9-21)20-12-15-29(16-13-20)23(30)18-19-6-4-3-5-7-19/h3-11,20,24H,12-18H2,1-2H3,(H,27,32)(H,28,31). The van der Waals surface area contributed by atoms with Crippen molar-refractivity contribution in [2.24, 2.45) is 5.92 Å². The van der Waals surface area contributed by atoms with Gasteiger partial charge in [-0.05, 0) is 48.6 Å². The van der Waals surface area contributed by atoms with E-state index in [4.69, 9.17) is 9.47 Å². The fourth-order valence-corrected chi connectivity index (χ4v) is 4.12. The summed E-state index contributed by atoms with van der Waals surface area (Å²) in [6, 6.07) is 15.7. The molecule has 1 heterocycles. The van der Waals surface area contributed by atoms with Crippen LogP contribution in [0.25, 0.3) is 0 Å². The number of piperidine rings is 1. The van der Waals surface area contributed by atoms with Crippen molar-refractivity contribution >= 4 is 17.7 Å². The van der Waals surface area contributed by atoms with E-state index in [1.165, 1.54) is 0 Å². The fraction of sp³-hybridized carbons (Fsp3) is 0.423. The van der Waals surface area contributed by atoms with Crippen molar-refractivity contribution in [2.45, 2.75) is 25.3 Å². The van der Waals surface area contributed by atoms with Crippen LogP contribution in [0.3, 0.4) is 0 Å². The van der Waals surface area contributed by atoms with Crippen LogP contribution in [0.2, 0.25) is 0 Å². The predicted octanol–water partition coefficient (Wildman–Crippen LogP) is 2.04. The highest BCUT2D eigenvalue weighted by atomic mass is 16.5. The number of likely N-dealkylation sites (tertiary alicyclic amines) is 1. The van der Waals surface area contributed by atoms with Gasteiger partial charge < -0.3 is 25.0 Å². The van der Waals surface area contributed by atoms with Gasteiger partial charge >= 0.3 is 0 Å². The van der Waals surface area contributed by atoms with Crippen LogP contribution in [0, 0.1) is 5.92 Å². The molecule has 3 rings (SSSR count). The number of nitrogens with one attached hydrogen (secondary N) is 2. The molecular weight excluding hydrogens is 434 g/mol. The molecule has 8 heteroatoms. The number of ether oxygens (including phenoxy) is 2. The Morgan fingerprint density at radius 2 is 1.68 bits per heavy atom. The number of amides is 3. The van der Waals surface area contributed by atoms with Crippen molar-refractivity contribution in [1.29, 1.82) is 0 Å². The lowest BCUT2D eigenvalue weighted by molar-refractivity contribution is -0.132. The van der Waals surface area contributed by atoms with Crippen LogP contribution in [0.4, 0.5) is 0 Å². The molecule has 1 fully saturated rings. The van der Waals surface area contributed by atoms with E-state index in [0.717, 1.165) is 5.56 Å². The van der Waals surface area contributed by atoms with Crippen LogP contribution < -0.4 is 15.4 Å². The van der Waals surface area contributed by atoms with Gasteiger partial charge in [0.25, 0.3) is 5.91 Å². The maximum Gasteiger partial charge on any atom is 0.251 e. The Morgan fingerprint density at radius 3 is 2.29 bits per heavy atom. The van der Waals surface area contributed by atoms with Gasteiger partial charge in [0.15, 0.2) is 0 Å². The summed E-state index contributed by atoms with van der Waals surface area (Å²) in [5, 5.41) is 5.76. The summed E-state index contributed by atoms with van der Waals surface area (Å²) in [5.74, 6) is 0.0848. The van der Waals surface area contributed by atoms with Crippen molar-refractivity contribution < 1.29 is 23.9 Å². The second kappa shape index (κ2) is 12.7. The average molecular weight is 468 g/mol. The molecule has 34 heavy (non-hydrogen) atoms. The molecule has 1 atom stereocenters. The first kappa shape index (κ1) is 25.2. The summed E-state index contributed by atoms with van der Waals surface area (Å²) in [4.78, 5) is 40.4. The molecule has 0 aliphatic carbocycles. The summed E-state index contributed by atoms with van der Waals surface area (Å²) in [5.41, 5.74) is 1.43. The molecule has 1 unspecified atom stereocenters. The van der Waals surface area contributed by atoms with E-state index in [1.807, 2.05) is 35.2 Å². The van der Waals surface area contributed by atoms with E-state index in [-0.39, 0.29) is 23.6 Å². The third kappa shape index (κ3) is 7.05. The smallest absolute Gasteiger partial charge is 0.251 e. The number of carbonyl (C=O) groups excluding carboxylic acids is 3. The maximum absolute atomic E-state index is 13.0. The van der Waals surface area contributed by atoms with Crippen LogP contribution in [0.1, 0.15) is 28.8 Å². The average Bonchev–Trinajstić information content (AvgIpc) is 2.88. The Balaban J connectivity index is 1.63. The minimum absolute atomic E-state index is 0.0769. The predicted molar refractivity (Wildman–Crippen MR) is 129 cm³/mol. The molecule has 2 aromatic rings. The molecule has 1 aliphatic heterocycles. The summed E-state index contributed by atoms with van der Waals surface area (Å²) >= 11 is 0. The van der Waals surface area contributed by atoms with Gasteiger partial charge in [0.05, 0.1) is 20.1 Å². The molecule has 2 aromatic carbocycles. The minimum Gasteiger partial charge on any atom is -0.497 e. The lowest BCUT2D eigenvalue weighted by atomic mass is 9.88. The summed E-state index contributed by atoms with van der Waals surface area (Å²) < 4.78 is 10.2. The van der Waals surface area contributed by atoms with Gasteiger partial charge in [-0.25, -0.2) is 0 Å². The first-order valence-corrected chi connectivity index (χ1v) is 11.5. The number of carbonyl (C=O) groups is 3. The monoisotopic (exact) mass is 467 g/mol. The van der Waals surface area contributed by atoms with E-state index < -0.39 is 6.04 Å². The third-order valence-electron chi connectivity index (χ3n) is 6.09. The molecule has 0 spiro atoms. The number of methoxy groups -OCH3 is 2. The summed E-state index contributed by atoms with van der Waals surface area (Å²) in [6.07, 6.45) is 1.62. The SMILES string of the molecule is COCCNC(=O)C(NC(=O)c1ccc(OC)cc1)C1CCN(C(=O)Cc2ccccc2)CC1. The normalized spacial score (nSPS) is 14.8. The number of hydrogen-bond donors (Lipinski definition) is 2. The van der Waals surface area contributed by atoms with Gasteiger partial charge in [-0.2, -0.15) is 0 Å². The molecule has 0 radical (unpaired) electrons. The van der Waals surface area contributed by atoms with E-state index in [2.05, 4.69) is 10.6 Å². The quantitative estimate of drug-likeness (QED) is 0.522. The molecule has 3 amide bonds. The van der Waals surface area contributed by atoms with E-state index in [0.29, 0.717) is 56.8 Å². The zero-order valence-corrected chi connectivity index (χ0v) is 19.8.